The van der Waals surface area contributed by atoms with Gasteiger partial charge in [0.15, 0.2) is 0 Å². The van der Waals surface area contributed by atoms with Crippen molar-refractivity contribution in [1.82, 2.24) is 10.2 Å². The van der Waals surface area contributed by atoms with Gasteiger partial charge in [-0.15, -0.1) is 0 Å². The Morgan fingerprint density at radius 2 is 2.03 bits per heavy atom. The van der Waals surface area contributed by atoms with Gasteiger partial charge in [0.2, 0.25) is 5.91 Å². The fraction of sp³-hybridized carbons (Fsp3) is 0.409. The van der Waals surface area contributed by atoms with Gasteiger partial charge in [0.25, 0.3) is 0 Å². The molecular formula is C22H25Cl2FN2OS. The lowest BCUT2D eigenvalue weighted by Gasteiger charge is -2.32. The molecule has 3 rings (SSSR count). The number of carbonyl (C=O) groups is 1. The lowest BCUT2D eigenvalue weighted by atomic mass is 9.96. The Labute approximate surface area is 185 Å². The Morgan fingerprint density at radius 1 is 1.21 bits per heavy atom. The molecule has 2 aromatic rings. The number of carbonyl (C=O) groups excluding carboxylic acids is 1. The molecule has 7 heteroatoms. The maximum atomic E-state index is 13.9. The molecule has 1 unspecified atom stereocenters. The predicted octanol–water partition coefficient (Wildman–Crippen LogP) is 5.39. The minimum absolute atomic E-state index is 0.0359. The second-order valence-electron chi connectivity index (χ2n) is 7.25. The van der Waals surface area contributed by atoms with Crippen LogP contribution in [-0.4, -0.2) is 36.2 Å². The van der Waals surface area contributed by atoms with Crippen LogP contribution >= 0.6 is 35.0 Å². The van der Waals surface area contributed by atoms with Gasteiger partial charge in [-0.25, -0.2) is 4.39 Å². The van der Waals surface area contributed by atoms with Crippen molar-refractivity contribution in [2.45, 2.75) is 25.1 Å². The van der Waals surface area contributed by atoms with E-state index < -0.39 is 0 Å². The van der Waals surface area contributed by atoms with E-state index in [1.54, 1.807) is 23.9 Å². The van der Waals surface area contributed by atoms with Crippen LogP contribution in [0.2, 0.25) is 10.0 Å². The molecule has 1 amide bonds. The first-order valence-electron chi connectivity index (χ1n) is 9.78. The second-order valence-corrected chi connectivity index (χ2v) is 9.19. The van der Waals surface area contributed by atoms with Crippen LogP contribution in [0.1, 0.15) is 24.0 Å². The highest BCUT2D eigenvalue weighted by atomic mass is 35.5. The summed E-state index contributed by atoms with van der Waals surface area (Å²) in [5.41, 5.74) is 1.73. The lowest BCUT2D eigenvalue weighted by molar-refractivity contribution is -0.126. The number of hydrogen-bond donors (Lipinski definition) is 1. The summed E-state index contributed by atoms with van der Waals surface area (Å²) in [5.74, 6) is 1.47. The summed E-state index contributed by atoms with van der Waals surface area (Å²) in [6, 6.07) is 12.4. The first kappa shape index (κ1) is 22.4. The molecule has 1 saturated heterocycles. The fourth-order valence-electron chi connectivity index (χ4n) is 3.49. The summed E-state index contributed by atoms with van der Waals surface area (Å²) < 4.78 is 13.9. The van der Waals surface area contributed by atoms with Crippen molar-refractivity contribution < 1.29 is 9.18 Å². The normalized spacial score (nSPS) is 17.3. The maximum absolute atomic E-state index is 13.9. The topological polar surface area (TPSA) is 32.3 Å². The summed E-state index contributed by atoms with van der Waals surface area (Å²) >= 11 is 13.8. The van der Waals surface area contributed by atoms with Crippen molar-refractivity contribution >= 4 is 40.9 Å². The molecule has 1 aliphatic heterocycles. The Hall–Kier alpha value is -1.27. The average Bonchev–Trinajstić information content (AvgIpc) is 2.71. The maximum Gasteiger partial charge on any atom is 0.224 e. The summed E-state index contributed by atoms with van der Waals surface area (Å²) in [5, 5.41) is 4.35. The molecule has 3 nitrogen and oxygen atoms in total. The second kappa shape index (κ2) is 11.2. The lowest BCUT2D eigenvalue weighted by Crippen LogP contribution is -2.43. The fourth-order valence-corrected chi connectivity index (χ4v) is 4.91. The third kappa shape index (κ3) is 6.88. The van der Waals surface area contributed by atoms with E-state index >= 15 is 0 Å². The number of thioether (sulfide) groups is 1. The molecule has 1 heterocycles. The molecule has 0 aromatic heterocycles. The highest BCUT2D eigenvalue weighted by molar-refractivity contribution is 7.98. The first-order chi connectivity index (χ1) is 14.0. The van der Waals surface area contributed by atoms with Gasteiger partial charge in [-0.05, 0) is 43.1 Å². The van der Waals surface area contributed by atoms with Gasteiger partial charge in [-0.2, -0.15) is 11.8 Å². The van der Waals surface area contributed by atoms with E-state index in [0.29, 0.717) is 35.2 Å². The minimum Gasteiger partial charge on any atom is -0.355 e. The Bertz CT molecular complexity index is 836. The van der Waals surface area contributed by atoms with E-state index in [2.05, 4.69) is 10.2 Å². The molecule has 1 aliphatic rings. The van der Waals surface area contributed by atoms with E-state index in [-0.39, 0.29) is 17.6 Å². The zero-order valence-corrected chi connectivity index (χ0v) is 18.5. The van der Waals surface area contributed by atoms with Crippen LogP contribution in [0.3, 0.4) is 0 Å². The van der Waals surface area contributed by atoms with Crippen molar-refractivity contribution in [1.29, 1.82) is 0 Å². The van der Waals surface area contributed by atoms with Crippen molar-refractivity contribution in [3.63, 3.8) is 0 Å². The third-order valence-electron chi connectivity index (χ3n) is 5.05. The molecule has 29 heavy (non-hydrogen) atoms. The van der Waals surface area contributed by atoms with E-state index in [1.165, 1.54) is 6.07 Å². The third-order valence-corrected chi connectivity index (χ3v) is 6.64. The standard InChI is InChI=1S/C22H25Cl2FN2OS/c23-19-8-7-18(20(24)12-19)15-29-11-9-26-22(28)17-5-3-10-27(14-17)13-16-4-1-2-6-21(16)25/h1-2,4,6-8,12,17H,3,5,9-11,13-15H2,(H,26,28). The molecule has 156 valence electrons. The van der Waals surface area contributed by atoms with Gasteiger partial charge >= 0.3 is 0 Å². The van der Waals surface area contributed by atoms with Crippen LogP contribution in [-0.2, 0) is 17.1 Å². The number of likely N-dealkylation sites (tertiary alicyclic amines) is 1. The number of benzene rings is 2. The number of nitrogens with zero attached hydrogens (tertiary/aromatic N) is 1. The minimum atomic E-state index is -0.183. The number of nitrogens with one attached hydrogen (secondary N) is 1. The highest BCUT2D eigenvalue weighted by Crippen LogP contribution is 2.24. The van der Waals surface area contributed by atoms with E-state index in [0.717, 1.165) is 36.5 Å². The largest absolute Gasteiger partial charge is 0.355 e. The zero-order valence-electron chi connectivity index (χ0n) is 16.2. The van der Waals surface area contributed by atoms with Crippen LogP contribution in [0.15, 0.2) is 42.5 Å². The first-order valence-corrected chi connectivity index (χ1v) is 11.7. The highest BCUT2D eigenvalue weighted by Gasteiger charge is 2.25. The molecule has 0 aliphatic carbocycles. The quantitative estimate of drug-likeness (QED) is 0.542. The molecular weight excluding hydrogens is 430 g/mol. The van der Waals surface area contributed by atoms with Crippen molar-refractivity contribution in [3.8, 4) is 0 Å². The molecule has 0 spiro atoms. The molecule has 0 radical (unpaired) electrons. The van der Waals surface area contributed by atoms with Gasteiger partial charge in [-0.3, -0.25) is 9.69 Å². The number of halogens is 3. The summed E-state index contributed by atoms with van der Waals surface area (Å²) in [4.78, 5) is 14.7. The van der Waals surface area contributed by atoms with Crippen LogP contribution in [0.5, 0.6) is 0 Å². The Kier molecular flexibility index (Phi) is 8.67. The van der Waals surface area contributed by atoms with Gasteiger partial charge in [0, 0.05) is 46.7 Å². The zero-order chi connectivity index (χ0) is 20.6. The average molecular weight is 455 g/mol. The number of hydrogen-bond acceptors (Lipinski definition) is 3. The van der Waals surface area contributed by atoms with Crippen molar-refractivity contribution in [3.05, 3.63) is 69.5 Å². The number of rotatable bonds is 8. The van der Waals surface area contributed by atoms with E-state index in [9.17, 15) is 9.18 Å². The van der Waals surface area contributed by atoms with Gasteiger partial charge in [0.1, 0.15) is 5.82 Å². The monoisotopic (exact) mass is 454 g/mol. The van der Waals surface area contributed by atoms with Crippen molar-refractivity contribution in [2.75, 3.05) is 25.4 Å². The molecule has 1 N–H and O–H groups in total. The number of piperidine rings is 1. The van der Waals surface area contributed by atoms with E-state index in [4.69, 9.17) is 23.2 Å². The number of amides is 1. The van der Waals surface area contributed by atoms with Crippen LogP contribution in [0.25, 0.3) is 0 Å². The van der Waals surface area contributed by atoms with Crippen molar-refractivity contribution in [2.24, 2.45) is 5.92 Å². The molecule has 0 bridgehead atoms. The van der Waals surface area contributed by atoms with Crippen LogP contribution in [0.4, 0.5) is 4.39 Å². The molecule has 1 atom stereocenters. The molecule has 0 saturated carbocycles. The van der Waals surface area contributed by atoms with Gasteiger partial charge < -0.3 is 5.32 Å². The van der Waals surface area contributed by atoms with Crippen LogP contribution < -0.4 is 5.32 Å². The van der Waals surface area contributed by atoms with Crippen LogP contribution in [0, 0.1) is 11.7 Å². The molecule has 2 aromatic carbocycles. The van der Waals surface area contributed by atoms with Gasteiger partial charge in [-0.1, -0.05) is 47.5 Å². The predicted molar refractivity (Wildman–Crippen MR) is 120 cm³/mol. The Morgan fingerprint density at radius 3 is 2.83 bits per heavy atom. The smallest absolute Gasteiger partial charge is 0.224 e. The molecule has 1 fully saturated rings. The summed E-state index contributed by atoms with van der Waals surface area (Å²) in [6.45, 7) is 2.75. The summed E-state index contributed by atoms with van der Waals surface area (Å²) in [7, 11) is 0. The SMILES string of the molecule is O=C(NCCSCc1ccc(Cl)cc1Cl)C1CCCN(Cc2ccccc2F)C1. The van der Waals surface area contributed by atoms with E-state index in [1.807, 2.05) is 24.3 Å². The summed E-state index contributed by atoms with van der Waals surface area (Å²) in [6.07, 6.45) is 1.84. The van der Waals surface area contributed by atoms with Gasteiger partial charge in [0.05, 0.1) is 5.92 Å². The Balaban J connectivity index is 1.38.